The molecule has 1 aliphatic rings. The molecule has 0 spiro atoms. The van der Waals surface area contributed by atoms with Crippen molar-refractivity contribution in [1.29, 1.82) is 0 Å². The van der Waals surface area contributed by atoms with Crippen LogP contribution in [0.3, 0.4) is 0 Å². The highest BCUT2D eigenvalue weighted by atomic mass is 15.2. The second-order valence-corrected chi connectivity index (χ2v) is 5.49. The van der Waals surface area contributed by atoms with Gasteiger partial charge in [-0.05, 0) is 38.3 Å². The largest absolute Gasteiger partial charge is 0.326 e. The van der Waals surface area contributed by atoms with Gasteiger partial charge >= 0.3 is 0 Å². The van der Waals surface area contributed by atoms with Crippen LogP contribution in [0, 0.1) is 6.92 Å². The van der Waals surface area contributed by atoms with Gasteiger partial charge in [-0.2, -0.15) is 0 Å². The summed E-state index contributed by atoms with van der Waals surface area (Å²) in [5, 5.41) is 0. The summed E-state index contributed by atoms with van der Waals surface area (Å²) in [5.74, 6) is 0. The molecule has 1 aromatic rings. The Labute approximate surface area is 111 Å². The highest BCUT2D eigenvalue weighted by Gasteiger charge is 2.35. The standard InChI is InChI=1S/C16H26N2/c1-4-15(17)16(18(5-2)14-9-10-14)13-8-6-7-12(3)11-13/h6-8,11,14-16H,4-5,9-10,17H2,1-3H3. The topological polar surface area (TPSA) is 29.3 Å². The van der Waals surface area contributed by atoms with Gasteiger partial charge in [0.1, 0.15) is 0 Å². The number of likely N-dealkylation sites (N-methyl/N-ethyl adjacent to an activating group) is 1. The first-order valence-corrected chi connectivity index (χ1v) is 7.25. The second kappa shape index (κ2) is 5.85. The lowest BCUT2D eigenvalue weighted by atomic mass is 9.95. The van der Waals surface area contributed by atoms with Crippen LogP contribution in [0.5, 0.6) is 0 Å². The molecule has 0 saturated heterocycles. The lowest BCUT2D eigenvalue weighted by molar-refractivity contribution is 0.168. The van der Waals surface area contributed by atoms with E-state index < -0.39 is 0 Å². The molecule has 0 aromatic heterocycles. The number of rotatable bonds is 6. The minimum absolute atomic E-state index is 0.229. The van der Waals surface area contributed by atoms with Crippen LogP contribution in [0.25, 0.3) is 0 Å². The van der Waals surface area contributed by atoms with Crippen molar-refractivity contribution in [2.75, 3.05) is 6.54 Å². The van der Waals surface area contributed by atoms with E-state index in [1.54, 1.807) is 0 Å². The molecule has 0 heterocycles. The van der Waals surface area contributed by atoms with E-state index in [4.69, 9.17) is 5.73 Å². The first-order valence-electron chi connectivity index (χ1n) is 7.25. The molecule has 2 heteroatoms. The van der Waals surface area contributed by atoms with Crippen molar-refractivity contribution in [2.45, 2.75) is 58.2 Å². The summed E-state index contributed by atoms with van der Waals surface area (Å²) in [6.45, 7) is 7.69. The Kier molecular flexibility index (Phi) is 4.41. The van der Waals surface area contributed by atoms with E-state index in [0.717, 1.165) is 19.0 Å². The molecule has 1 aromatic carbocycles. The normalized spacial score (nSPS) is 18.9. The van der Waals surface area contributed by atoms with Gasteiger partial charge in [0.25, 0.3) is 0 Å². The summed E-state index contributed by atoms with van der Waals surface area (Å²) >= 11 is 0. The van der Waals surface area contributed by atoms with Gasteiger partial charge in [0.05, 0.1) is 6.04 Å². The predicted molar refractivity (Wildman–Crippen MR) is 77.6 cm³/mol. The van der Waals surface area contributed by atoms with E-state index in [1.165, 1.54) is 24.0 Å². The van der Waals surface area contributed by atoms with Gasteiger partial charge in [-0.3, -0.25) is 4.90 Å². The van der Waals surface area contributed by atoms with Crippen LogP contribution < -0.4 is 5.73 Å². The van der Waals surface area contributed by atoms with Crippen molar-refractivity contribution in [3.8, 4) is 0 Å². The zero-order valence-electron chi connectivity index (χ0n) is 11.9. The Balaban J connectivity index is 2.29. The highest BCUT2D eigenvalue weighted by Crippen LogP contribution is 2.36. The van der Waals surface area contributed by atoms with Crippen molar-refractivity contribution in [3.63, 3.8) is 0 Å². The molecular weight excluding hydrogens is 220 g/mol. The fourth-order valence-electron chi connectivity index (χ4n) is 2.85. The molecular formula is C16H26N2. The van der Waals surface area contributed by atoms with E-state index in [0.29, 0.717) is 6.04 Å². The Morgan fingerprint density at radius 2 is 2.06 bits per heavy atom. The Morgan fingerprint density at radius 1 is 1.33 bits per heavy atom. The van der Waals surface area contributed by atoms with Crippen LogP contribution >= 0.6 is 0 Å². The average molecular weight is 246 g/mol. The first kappa shape index (κ1) is 13.6. The summed E-state index contributed by atoms with van der Waals surface area (Å²) in [4.78, 5) is 2.60. The van der Waals surface area contributed by atoms with E-state index >= 15 is 0 Å². The van der Waals surface area contributed by atoms with Crippen LogP contribution in [0.4, 0.5) is 0 Å². The maximum absolute atomic E-state index is 6.40. The molecule has 2 N–H and O–H groups in total. The number of nitrogens with zero attached hydrogens (tertiary/aromatic N) is 1. The van der Waals surface area contributed by atoms with Gasteiger partial charge in [-0.25, -0.2) is 0 Å². The minimum atomic E-state index is 0.229. The molecule has 0 bridgehead atoms. The van der Waals surface area contributed by atoms with Crippen LogP contribution in [0.1, 0.15) is 50.3 Å². The van der Waals surface area contributed by atoms with Crippen molar-refractivity contribution in [3.05, 3.63) is 35.4 Å². The van der Waals surface area contributed by atoms with E-state index in [-0.39, 0.29) is 6.04 Å². The van der Waals surface area contributed by atoms with E-state index in [1.807, 2.05) is 0 Å². The Bertz CT molecular complexity index is 384. The average Bonchev–Trinajstić information content (AvgIpc) is 3.19. The van der Waals surface area contributed by atoms with Gasteiger partial charge < -0.3 is 5.73 Å². The monoisotopic (exact) mass is 246 g/mol. The Morgan fingerprint density at radius 3 is 2.56 bits per heavy atom. The number of benzene rings is 1. The zero-order chi connectivity index (χ0) is 13.1. The van der Waals surface area contributed by atoms with Crippen LogP contribution in [0.15, 0.2) is 24.3 Å². The molecule has 2 unspecified atom stereocenters. The van der Waals surface area contributed by atoms with Gasteiger partial charge in [0, 0.05) is 12.1 Å². The third kappa shape index (κ3) is 2.93. The van der Waals surface area contributed by atoms with Crippen LogP contribution in [-0.2, 0) is 0 Å². The summed E-state index contributed by atoms with van der Waals surface area (Å²) in [7, 11) is 0. The van der Waals surface area contributed by atoms with E-state index in [2.05, 4.69) is 49.9 Å². The quantitative estimate of drug-likeness (QED) is 0.835. The summed E-state index contributed by atoms with van der Waals surface area (Å²) in [6, 6.07) is 10.2. The summed E-state index contributed by atoms with van der Waals surface area (Å²) in [5.41, 5.74) is 9.11. The third-order valence-electron chi connectivity index (χ3n) is 4.00. The van der Waals surface area contributed by atoms with Crippen molar-refractivity contribution in [1.82, 2.24) is 4.90 Å². The number of nitrogens with two attached hydrogens (primary N) is 1. The molecule has 1 fully saturated rings. The number of hydrogen-bond acceptors (Lipinski definition) is 2. The maximum Gasteiger partial charge on any atom is 0.0501 e. The lowest BCUT2D eigenvalue weighted by Crippen LogP contribution is -2.42. The van der Waals surface area contributed by atoms with Crippen LogP contribution in [0.2, 0.25) is 0 Å². The third-order valence-corrected chi connectivity index (χ3v) is 4.00. The van der Waals surface area contributed by atoms with Gasteiger partial charge in [-0.15, -0.1) is 0 Å². The SMILES string of the molecule is CCC(N)C(c1cccc(C)c1)N(CC)C1CC1. The second-order valence-electron chi connectivity index (χ2n) is 5.49. The van der Waals surface area contributed by atoms with E-state index in [9.17, 15) is 0 Å². The molecule has 2 rings (SSSR count). The smallest absolute Gasteiger partial charge is 0.0501 e. The fraction of sp³-hybridized carbons (Fsp3) is 0.625. The molecule has 1 aliphatic carbocycles. The van der Waals surface area contributed by atoms with Gasteiger partial charge in [-0.1, -0.05) is 43.7 Å². The summed E-state index contributed by atoms with van der Waals surface area (Å²) < 4.78 is 0. The Hall–Kier alpha value is -0.860. The molecule has 0 amide bonds. The van der Waals surface area contributed by atoms with Crippen molar-refractivity contribution in [2.24, 2.45) is 5.73 Å². The predicted octanol–water partition coefficient (Wildman–Crippen LogP) is 3.26. The van der Waals surface area contributed by atoms with Gasteiger partial charge in [0.2, 0.25) is 0 Å². The molecule has 0 aliphatic heterocycles. The van der Waals surface area contributed by atoms with Crippen molar-refractivity contribution >= 4 is 0 Å². The van der Waals surface area contributed by atoms with Crippen molar-refractivity contribution < 1.29 is 0 Å². The van der Waals surface area contributed by atoms with Crippen LogP contribution in [-0.4, -0.2) is 23.5 Å². The lowest BCUT2D eigenvalue weighted by Gasteiger charge is -2.35. The molecule has 2 nitrogen and oxygen atoms in total. The first-order chi connectivity index (χ1) is 8.67. The summed E-state index contributed by atoms with van der Waals surface area (Å²) in [6.07, 6.45) is 3.71. The number of aryl methyl sites for hydroxylation is 1. The molecule has 100 valence electrons. The maximum atomic E-state index is 6.40. The highest BCUT2D eigenvalue weighted by molar-refractivity contribution is 5.26. The molecule has 18 heavy (non-hydrogen) atoms. The molecule has 0 radical (unpaired) electrons. The minimum Gasteiger partial charge on any atom is -0.326 e. The number of hydrogen-bond donors (Lipinski definition) is 1. The fourth-order valence-corrected chi connectivity index (χ4v) is 2.85. The molecule has 2 atom stereocenters. The van der Waals surface area contributed by atoms with Gasteiger partial charge in [0.15, 0.2) is 0 Å². The molecule has 1 saturated carbocycles. The zero-order valence-corrected chi connectivity index (χ0v) is 11.9.